The molecule has 3 aromatic carbocycles. The van der Waals surface area contributed by atoms with Gasteiger partial charge in [-0.05, 0) is 68.1 Å². The lowest BCUT2D eigenvalue weighted by molar-refractivity contribution is -0.195. The van der Waals surface area contributed by atoms with Crippen LogP contribution in [0, 0.1) is 0 Å². The van der Waals surface area contributed by atoms with Crippen LogP contribution in [0.25, 0.3) is 0 Å². The standard InChI is InChI=1S/C47H66O6/c1-2-3-4-5-6-7-8-9-10-11-12-13-14-15-25-34-43(52-45-35-26-27-36-51-45)37-42(48)38-44(49)53-46(39-28-19-16-20-29-39)47(50,40-30-21-17-22-31-40)41-32-23-18-24-33-41/h9-10,16-24,28-33,42-43,45-46,48,50H,2-8,11-15,25-27,34-38H2,1H3/b10-9-/t42-,43-,45?,46+/m0/s1. The Bertz CT molecular complexity index is 1350. The molecule has 4 rings (SSSR count). The zero-order valence-electron chi connectivity index (χ0n) is 32.3. The van der Waals surface area contributed by atoms with E-state index in [1.54, 1.807) is 0 Å². The van der Waals surface area contributed by atoms with Crippen molar-refractivity contribution in [3.05, 3.63) is 120 Å². The second kappa shape index (κ2) is 24.9. The first-order chi connectivity index (χ1) is 26.0. The van der Waals surface area contributed by atoms with E-state index >= 15 is 0 Å². The maximum Gasteiger partial charge on any atom is 0.309 e. The van der Waals surface area contributed by atoms with Crippen molar-refractivity contribution in [2.45, 2.75) is 159 Å². The van der Waals surface area contributed by atoms with E-state index in [0.29, 0.717) is 29.7 Å². The number of hydrogen-bond acceptors (Lipinski definition) is 6. The average molecular weight is 727 g/mol. The Balaban J connectivity index is 1.29. The highest BCUT2D eigenvalue weighted by molar-refractivity contribution is 5.70. The van der Waals surface area contributed by atoms with Crippen LogP contribution in [-0.2, 0) is 24.6 Å². The number of benzene rings is 3. The molecule has 0 aliphatic carbocycles. The molecule has 0 bridgehead atoms. The van der Waals surface area contributed by atoms with Crippen LogP contribution in [0.5, 0.6) is 0 Å². The number of unbranched alkanes of at least 4 members (excludes halogenated alkanes) is 11. The maximum absolute atomic E-state index is 13.7. The van der Waals surface area contributed by atoms with E-state index in [2.05, 4.69) is 19.1 Å². The topological polar surface area (TPSA) is 85.2 Å². The van der Waals surface area contributed by atoms with Gasteiger partial charge in [-0.3, -0.25) is 4.79 Å². The first-order valence-electron chi connectivity index (χ1n) is 20.7. The van der Waals surface area contributed by atoms with Gasteiger partial charge in [-0.1, -0.05) is 168 Å². The minimum Gasteiger partial charge on any atom is -0.454 e. The minimum atomic E-state index is -1.67. The number of carbonyl (C=O) groups excluding carboxylic acids is 1. The fourth-order valence-corrected chi connectivity index (χ4v) is 7.35. The van der Waals surface area contributed by atoms with Crippen molar-refractivity contribution in [3.63, 3.8) is 0 Å². The number of carbonyl (C=O) groups is 1. The van der Waals surface area contributed by atoms with Gasteiger partial charge >= 0.3 is 5.97 Å². The van der Waals surface area contributed by atoms with E-state index in [4.69, 9.17) is 14.2 Å². The van der Waals surface area contributed by atoms with E-state index in [1.165, 1.54) is 64.2 Å². The number of allylic oxidation sites excluding steroid dienone is 2. The first-order valence-corrected chi connectivity index (χ1v) is 20.7. The lowest BCUT2D eigenvalue weighted by Crippen LogP contribution is -2.38. The Kier molecular flexibility index (Phi) is 20.0. The molecule has 2 N–H and O–H groups in total. The number of rotatable bonds is 26. The predicted octanol–water partition coefficient (Wildman–Crippen LogP) is 11.3. The third-order valence-electron chi connectivity index (χ3n) is 10.4. The summed E-state index contributed by atoms with van der Waals surface area (Å²) in [6.07, 6.45) is 22.3. The largest absolute Gasteiger partial charge is 0.454 e. The van der Waals surface area contributed by atoms with E-state index in [-0.39, 0.29) is 18.8 Å². The van der Waals surface area contributed by atoms with E-state index < -0.39 is 23.8 Å². The predicted molar refractivity (Wildman–Crippen MR) is 214 cm³/mol. The number of esters is 1. The number of aliphatic hydroxyl groups excluding tert-OH is 1. The number of aliphatic hydroxyl groups is 2. The van der Waals surface area contributed by atoms with Crippen molar-refractivity contribution in [3.8, 4) is 0 Å². The van der Waals surface area contributed by atoms with Gasteiger partial charge in [-0.15, -0.1) is 0 Å². The summed E-state index contributed by atoms with van der Waals surface area (Å²) >= 11 is 0. The van der Waals surface area contributed by atoms with Crippen LogP contribution >= 0.6 is 0 Å². The average Bonchev–Trinajstić information content (AvgIpc) is 3.19. The third kappa shape index (κ3) is 15.2. The van der Waals surface area contributed by atoms with Gasteiger partial charge in [0.25, 0.3) is 0 Å². The van der Waals surface area contributed by atoms with Gasteiger partial charge in [0.1, 0.15) is 0 Å². The highest BCUT2D eigenvalue weighted by Gasteiger charge is 2.44. The van der Waals surface area contributed by atoms with Crippen LogP contribution in [0.2, 0.25) is 0 Å². The molecule has 1 heterocycles. The Morgan fingerprint density at radius 3 is 1.89 bits per heavy atom. The summed E-state index contributed by atoms with van der Waals surface area (Å²) in [6.45, 7) is 2.95. The van der Waals surface area contributed by atoms with Gasteiger partial charge in [-0.2, -0.15) is 0 Å². The van der Waals surface area contributed by atoms with Crippen LogP contribution in [0.3, 0.4) is 0 Å². The van der Waals surface area contributed by atoms with Crippen molar-refractivity contribution in [2.75, 3.05) is 6.61 Å². The summed E-state index contributed by atoms with van der Waals surface area (Å²) in [7, 11) is 0. The summed E-state index contributed by atoms with van der Waals surface area (Å²) in [5.41, 5.74) is 0.201. The van der Waals surface area contributed by atoms with Crippen LogP contribution in [-0.4, -0.2) is 41.3 Å². The molecular formula is C47H66O6. The molecule has 0 saturated carbocycles. The Morgan fingerprint density at radius 1 is 0.774 bits per heavy atom. The van der Waals surface area contributed by atoms with Crippen LogP contribution in [0.1, 0.15) is 152 Å². The van der Waals surface area contributed by atoms with Gasteiger partial charge in [0.2, 0.25) is 0 Å². The Labute approximate surface area is 320 Å². The van der Waals surface area contributed by atoms with Crippen molar-refractivity contribution >= 4 is 5.97 Å². The molecule has 0 aromatic heterocycles. The quantitative estimate of drug-likeness (QED) is 0.0487. The highest BCUT2D eigenvalue weighted by atomic mass is 16.7. The fraction of sp³-hybridized carbons (Fsp3) is 0.553. The molecule has 1 fully saturated rings. The number of hydrogen-bond donors (Lipinski definition) is 2. The van der Waals surface area contributed by atoms with Gasteiger partial charge in [0.15, 0.2) is 18.0 Å². The summed E-state index contributed by atoms with van der Waals surface area (Å²) in [6, 6.07) is 27.9. The van der Waals surface area contributed by atoms with Crippen LogP contribution in [0.15, 0.2) is 103 Å². The van der Waals surface area contributed by atoms with E-state index in [9.17, 15) is 15.0 Å². The van der Waals surface area contributed by atoms with Crippen molar-refractivity contribution in [1.29, 1.82) is 0 Å². The van der Waals surface area contributed by atoms with Gasteiger partial charge < -0.3 is 24.4 Å². The van der Waals surface area contributed by atoms with Crippen molar-refractivity contribution in [1.82, 2.24) is 0 Å². The molecule has 6 nitrogen and oxygen atoms in total. The Hall–Kier alpha value is -3.29. The second-order valence-corrected chi connectivity index (χ2v) is 14.8. The van der Waals surface area contributed by atoms with E-state index in [0.717, 1.165) is 44.9 Å². The zero-order valence-corrected chi connectivity index (χ0v) is 32.3. The number of ether oxygens (including phenoxy) is 3. The molecule has 290 valence electrons. The second-order valence-electron chi connectivity index (χ2n) is 14.8. The van der Waals surface area contributed by atoms with Crippen LogP contribution in [0.4, 0.5) is 0 Å². The van der Waals surface area contributed by atoms with Crippen molar-refractivity contribution < 1.29 is 29.2 Å². The van der Waals surface area contributed by atoms with Gasteiger partial charge in [-0.25, -0.2) is 0 Å². The first kappa shape index (κ1) is 42.5. The SMILES string of the molecule is CCCCCCCC/C=C\CCCCCCC[C@@H](C[C@H](O)CC(=O)O[C@H](c1ccccc1)C(O)(c1ccccc1)c1ccccc1)OC1CCCCO1. The molecule has 1 unspecified atom stereocenters. The summed E-state index contributed by atoms with van der Waals surface area (Å²) in [4.78, 5) is 13.7. The minimum absolute atomic E-state index is 0.208. The zero-order chi connectivity index (χ0) is 37.4. The molecule has 0 spiro atoms. The summed E-state index contributed by atoms with van der Waals surface area (Å²) in [5.74, 6) is -0.578. The summed E-state index contributed by atoms with van der Waals surface area (Å²) in [5, 5.41) is 23.8. The summed E-state index contributed by atoms with van der Waals surface area (Å²) < 4.78 is 18.5. The third-order valence-corrected chi connectivity index (χ3v) is 10.4. The molecule has 1 aliphatic heterocycles. The molecule has 0 radical (unpaired) electrons. The molecular weight excluding hydrogens is 661 g/mol. The Morgan fingerprint density at radius 2 is 1.32 bits per heavy atom. The molecule has 53 heavy (non-hydrogen) atoms. The molecule has 0 amide bonds. The normalized spacial score (nSPS) is 16.7. The van der Waals surface area contributed by atoms with Gasteiger partial charge in [0, 0.05) is 13.0 Å². The van der Waals surface area contributed by atoms with Crippen LogP contribution < -0.4 is 0 Å². The molecule has 3 aromatic rings. The molecule has 6 heteroatoms. The lowest BCUT2D eigenvalue weighted by Gasteiger charge is -2.37. The highest BCUT2D eigenvalue weighted by Crippen LogP contribution is 2.43. The van der Waals surface area contributed by atoms with Gasteiger partial charge in [0.05, 0.1) is 18.6 Å². The van der Waals surface area contributed by atoms with E-state index in [1.807, 2.05) is 91.0 Å². The maximum atomic E-state index is 13.7. The molecule has 1 aliphatic rings. The smallest absolute Gasteiger partial charge is 0.309 e. The fourth-order valence-electron chi connectivity index (χ4n) is 7.35. The molecule has 4 atom stereocenters. The lowest BCUT2D eigenvalue weighted by atomic mass is 9.79. The van der Waals surface area contributed by atoms with Crippen molar-refractivity contribution in [2.24, 2.45) is 0 Å². The molecule has 1 saturated heterocycles. The monoisotopic (exact) mass is 726 g/mol.